The van der Waals surface area contributed by atoms with Gasteiger partial charge in [0.25, 0.3) is 0 Å². The minimum Gasteiger partial charge on any atom is -0.423 e. The van der Waals surface area contributed by atoms with Crippen LogP contribution in [-0.4, -0.2) is 17.2 Å². The molecule has 0 aliphatic carbocycles. The summed E-state index contributed by atoms with van der Waals surface area (Å²) in [5.41, 5.74) is 2.64. The van der Waals surface area contributed by atoms with E-state index in [2.05, 4.69) is 6.07 Å². The first-order valence-electron chi connectivity index (χ1n) is 7.61. The molecule has 2 nitrogen and oxygen atoms in total. The average molecular weight is 298 g/mol. The molecule has 0 saturated carbocycles. The molecule has 0 aromatic heterocycles. The molecule has 4 aromatic rings. The van der Waals surface area contributed by atoms with Gasteiger partial charge in [-0.05, 0) is 44.2 Å². The summed E-state index contributed by atoms with van der Waals surface area (Å²) < 4.78 is 0. The van der Waals surface area contributed by atoms with Crippen molar-refractivity contribution in [1.82, 2.24) is 0 Å². The molecular formula is C20H15BO2. The molecular weight excluding hydrogens is 283 g/mol. The molecule has 4 aromatic carbocycles. The van der Waals surface area contributed by atoms with Gasteiger partial charge in [0.15, 0.2) is 0 Å². The quantitative estimate of drug-likeness (QED) is 0.440. The molecule has 0 aliphatic heterocycles. The van der Waals surface area contributed by atoms with Crippen LogP contribution in [0.15, 0.2) is 78.9 Å². The largest absolute Gasteiger partial charge is 0.489 e. The van der Waals surface area contributed by atoms with E-state index >= 15 is 0 Å². The van der Waals surface area contributed by atoms with E-state index < -0.39 is 7.12 Å². The molecule has 23 heavy (non-hydrogen) atoms. The van der Waals surface area contributed by atoms with E-state index in [0.29, 0.717) is 5.46 Å². The molecule has 0 fully saturated rings. The Morgan fingerprint density at radius 2 is 1.35 bits per heavy atom. The summed E-state index contributed by atoms with van der Waals surface area (Å²) in [7, 11) is -1.52. The fourth-order valence-corrected chi connectivity index (χ4v) is 3.29. The fraction of sp³-hybridized carbons (Fsp3) is 0. The van der Waals surface area contributed by atoms with Gasteiger partial charge in [-0.15, -0.1) is 0 Å². The van der Waals surface area contributed by atoms with Crippen LogP contribution in [-0.2, 0) is 0 Å². The highest BCUT2D eigenvalue weighted by atomic mass is 16.4. The normalized spacial score (nSPS) is 11.0. The van der Waals surface area contributed by atoms with Crippen LogP contribution >= 0.6 is 0 Å². The second kappa shape index (κ2) is 5.54. The van der Waals surface area contributed by atoms with Crippen LogP contribution in [0.25, 0.3) is 32.7 Å². The minimum absolute atomic E-state index is 0.567. The van der Waals surface area contributed by atoms with Gasteiger partial charge >= 0.3 is 7.12 Å². The summed E-state index contributed by atoms with van der Waals surface area (Å²) in [5.74, 6) is 0. The molecule has 0 heterocycles. The van der Waals surface area contributed by atoms with Crippen LogP contribution in [0.1, 0.15) is 0 Å². The van der Waals surface area contributed by atoms with E-state index in [4.69, 9.17) is 0 Å². The monoisotopic (exact) mass is 298 g/mol. The molecule has 0 aliphatic rings. The minimum atomic E-state index is -1.52. The summed E-state index contributed by atoms with van der Waals surface area (Å²) in [6, 6.07) is 26.0. The van der Waals surface area contributed by atoms with Crippen molar-refractivity contribution in [1.29, 1.82) is 0 Å². The van der Waals surface area contributed by atoms with Crippen LogP contribution in [0.4, 0.5) is 0 Å². The van der Waals surface area contributed by atoms with Crippen molar-refractivity contribution in [3.63, 3.8) is 0 Å². The van der Waals surface area contributed by atoms with Gasteiger partial charge in [-0.2, -0.15) is 0 Å². The zero-order valence-corrected chi connectivity index (χ0v) is 12.5. The van der Waals surface area contributed by atoms with E-state index in [1.165, 1.54) is 0 Å². The highest BCUT2D eigenvalue weighted by Crippen LogP contribution is 2.30. The third-order valence-corrected chi connectivity index (χ3v) is 4.27. The van der Waals surface area contributed by atoms with E-state index in [9.17, 15) is 10.0 Å². The number of benzene rings is 4. The first-order chi connectivity index (χ1) is 11.3. The molecule has 0 unspecified atom stereocenters. The lowest BCUT2D eigenvalue weighted by atomic mass is 9.72. The third-order valence-electron chi connectivity index (χ3n) is 4.27. The molecule has 0 amide bonds. The second-order valence-corrected chi connectivity index (χ2v) is 5.65. The Balaban J connectivity index is 2.20. The molecule has 0 radical (unpaired) electrons. The van der Waals surface area contributed by atoms with Crippen LogP contribution in [0.3, 0.4) is 0 Å². The maximum atomic E-state index is 10.0. The third kappa shape index (κ3) is 2.31. The lowest BCUT2D eigenvalue weighted by molar-refractivity contribution is 0.426. The first-order valence-corrected chi connectivity index (χ1v) is 7.61. The number of hydrogen-bond donors (Lipinski definition) is 2. The van der Waals surface area contributed by atoms with Crippen molar-refractivity contribution in [3.8, 4) is 11.1 Å². The molecule has 0 atom stereocenters. The Bertz CT molecular complexity index is 994. The Morgan fingerprint density at radius 1 is 0.652 bits per heavy atom. The predicted octanol–water partition coefficient (Wildman–Crippen LogP) is 3.34. The van der Waals surface area contributed by atoms with Crippen molar-refractivity contribution in [2.75, 3.05) is 0 Å². The Kier molecular flexibility index (Phi) is 3.38. The second-order valence-electron chi connectivity index (χ2n) is 5.65. The maximum Gasteiger partial charge on any atom is 0.489 e. The van der Waals surface area contributed by atoms with Crippen molar-refractivity contribution in [2.24, 2.45) is 0 Å². The van der Waals surface area contributed by atoms with Crippen molar-refractivity contribution >= 4 is 34.1 Å². The zero-order valence-electron chi connectivity index (χ0n) is 12.5. The van der Waals surface area contributed by atoms with Gasteiger partial charge < -0.3 is 10.0 Å². The first kappa shape index (κ1) is 14.0. The predicted molar refractivity (Wildman–Crippen MR) is 96.7 cm³/mol. The Labute approximate surface area is 134 Å². The van der Waals surface area contributed by atoms with Gasteiger partial charge in [-0.25, -0.2) is 0 Å². The number of hydrogen-bond acceptors (Lipinski definition) is 2. The van der Waals surface area contributed by atoms with Crippen molar-refractivity contribution in [3.05, 3.63) is 78.9 Å². The van der Waals surface area contributed by atoms with Gasteiger partial charge in [0.1, 0.15) is 0 Å². The van der Waals surface area contributed by atoms with Crippen LogP contribution < -0.4 is 5.46 Å². The summed E-state index contributed by atoms with van der Waals surface area (Å²) in [6.07, 6.45) is 0. The molecule has 0 bridgehead atoms. The Hall–Kier alpha value is -2.62. The fourth-order valence-electron chi connectivity index (χ4n) is 3.29. The van der Waals surface area contributed by atoms with E-state index in [0.717, 1.165) is 32.7 Å². The molecule has 110 valence electrons. The summed E-state index contributed by atoms with van der Waals surface area (Å²) >= 11 is 0. The lowest BCUT2D eigenvalue weighted by Gasteiger charge is -2.15. The van der Waals surface area contributed by atoms with E-state index in [1.54, 1.807) is 0 Å². The molecule has 2 N–H and O–H groups in total. The van der Waals surface area contributed by atoms with E-state index in [-0.39, 0.29) is 0 Å². The highest BCUT2D eigenvalue weighted by molar-refractivity contribution is 6.66. The highest BCUT2D eigenvalue weighted by Gasteiger charge is 2.21. The van der Waals surface area contributed by atoms with Gasteiger partial charge in [0.2, 0.25) is 0 Å². The molecule has 0 saturated heterocycles. The summed E-state index contributed by atoms with van der Waals surface area (Å²) in [6.45, 7) is 0. The van der Waals surface area contributed by atoms with Crippen LogP contribution in [0, 0.1) is 0 Å². The SMILES string of the molecule is OB(O)c1c2ccccc2cc2cccc(-c3ccccc3)c12. The number of fused-ring (bicyclic) bond motifs is 2. The Morgan fingerprint density at radius 3 is 2.13 bits per heavy atom. The molecule has 0 spiro atoms. The topological polar surface area (TPSA) is 40.5 Å². The van der Waals surface area contributed by atoms with Crippen molar-refractivity contribution in [2.45, 2.75) is 0 Å². The average Bonchev–Trinajstić information content (AvgIpc) is 2.59. The summed E-state index contributed by atoms with van der Waals surface area (Å²) in [5, 5.41) is 23.9. The standard InChI is InChI=1S/C20H15BO2/c22-21(23)20-18-11-5-4-9-15(18)13-16-10-6-12-17(19(16)20)14-7-2-1-3-8-14/h1-13,22-23H. The molecule has 3 heteroatoms. The van der Waals surface area contributed by atoms with Gasteiger partial charge in [0, 0.05) is 0 Å². The van der Waals surface area contributed by atoms with Crippen LogP contribution in [0.5, 0.6) is 0 Å². The zero-order chi connectivity index (χ0) is 15.8. The summed E-state index contributed by atoms with van der Waals surface area (Å²) in [4.78, 5) is 0. The van der Waals surface area contributed by atoms with Gasteiger partial charge in [-0.3, -0.25) is 0 Å². The molecule has 4 rings (SSSR count). The smallest absolute Gasteiger partial charge is 0.423 e. The van der Waals surface area contributed by atoms with Crippen LogP contribution in [0.2, 0.25) is 0 Å². The van der Waals surface area contributed by atoms with Gasteiger partial charge in [0.05, 0.1) is 0 Å². The van der Waals surface area contributed by atoms with Crippen molar-refractivity contribution < 1.29 is 10.0 Å². The lowest BCUT2D eigenvalue weighted by Crippen LogP contribution is -2.31. The van der Waals surface area contributed by atoms with E-state index in [1.807, 2.05) is 72.8 Å². The number of rotatable bonds is 2. The van der Waals surface area contributed by atoms with Gasteiger partial charge in [-0.1, -0.05) is 72.8 Å². The maximum absolute atomic E-state index is 10.0.